The maximum Gasteiger partial charge on any atom is 0.164 e. The Morgan fingerprint density at radius 3 is 1.85 bits per heavy atom. The predicted molar refractivity (Wildman–Crippen MR) is 199 cm³/mol. The highest BCUT2D eigenvalue weighted by molar-refractivity contribution is 7.25. The molecule has 0 aliphatic carbocycles. The molecule has 0 fully saturated rings. The molecule has 0 radical (unpaired) electrons. The van der Waals surface area contributed by atoms with Gasteiger partial charge < -0.3 is 4.42 Å². The van der Waals surface area contributed by atoms with E-state index in [1.54, 1.807) is 11.3 Å². The van der Waals surface area contributed by atoms with E-state index in [4.69, 9.17) is 19.4 Å². The number of rotatable bonds is 4. The largest absolute Gasteiger partial charge is 0.456 e. The molecule has 0 bridgehead atoms. The van der Waals surface area contributed by atoms with Crippen molar-refractivity contribution < 1.29 is 4.42 Å². The van der Waals surface area contributed by atoms with Crippen LogP contribution in [0.25, 0.3) is 98.2 Å². The van der Waals surface area contributed by atoms with E-state index in [0.717, 1.165) is 49.8 Å². The molecule has 5 heteroatoms. The van der Waals surface area contributed by atoms with Crippen molar-refractivity contribution >= 4 is 64.2 Å². The first-order chi connectivity index (χ1) is 23.8. The molecule has 0 N–H and O–H groups in total. The molecular formula is C43H25N3OS. The third kappa shape index (κ3) is 4.33. The van der Waals surface area contributed by atoms with Gasteiger partial charge in [-0.15, -0.1) is 11.3 Å². The topological polar surface area (TPSA) is 51.8 Å². The monoisotopic (exact) mass is 631 g/mol. The van der Waals surface area contributed by atoms with Crippen molar-refractivity contribution in [2.45, 2.75) is 0 Å². The van der Waals surface area contributed by atoms with Crippen molar-refractivity contribution in [1.29, 1.82) is 0 Å². The molecule has 0 atom stereocenters. The van der Waals surface area contributed by atoms with E-state index in [1.165, 1.54) is 30.9 Å². The Morgan fingerprint density at radius 1 is 0.396 bits per heavy atom. The fourth-order valence-electron chi connectivity index (χ4n) is 6.85. The van der Waals surface area contributed by atoms with Crippen LogP contribution in [0.4, 0.5) is 0 Å². The highest BCUT2D eigenvalue weighted by Gasteiger charge is 2.18. The molecule has 0 spiro atoms. The first kappa shape index (κ1) is 27.0. The summed E-state index contributed by atoms with van der Waals surface area (Å²) in [4.78, 5) is 15.2. The number of thiophene rings is 1. The second-order valence-electron chi connectivity index (χ2n) is 12.0. The van der Waals surface area contributed by atoms with Gasteiger partial charge >= 0.3 is 0 Å². The quantitative estimate of drug-likeness (QED) is 0.194. The van der Waals surface area contributed by atoms with Crippen LogP contribution in [0.2, 0.25) is 0 Å². The van der Waals surface area contributed by atoms with Crippen molar-refractivity contribution in [3.05, 3.63) is 152 Å². The first-order valence-electron chi connectivity index (χ1n) is 15.9. The fraction of sp³-hybridized carbons (Fsp3) is 0. The van der Waals surface area contributed by atoms with Gasteiger partial charge in [0.1, 0.15) is 11.2 Å². The number of fused-ring (bicyclic) bond motifs is 7. The van der Waals surface area contributed by atoms with Gasteiger partial charge in [0.25, 0.3) is 0 Å². The van der Waals surface area contributed by atoms with Crippen LogP contribution in [0, 0.1) is 0 Å². The van der Waals surface area contributed by atoms with Gasteiger partial charge in [0, 0.05) is 47.6 Å². The minimum Gasteiger partial charge on any atom is -0.456 e. The molecule has 3 aromatic heterocycles. The van der Waals surface area contributed by atoms with E-state index in [9.17, 15) is 0 Å². The molecule has 7 aromatic carbocycles. The zero-order valence-electron chi connectivity index (χ0n) is 25.6. The van der Waals surface area contributed by atoms with Crippen LogP contribution in [-0.2, 0) is 0 Å². The van der Waals surface area contributed by atoms with Gasteiger partial charge in [-0.05, 0) is 52.2 Å². The van der Waals surface area contributed by atoms with Crippen molar-refractivity contribution in [2.75, 3.05) is 0 Å². The van der Waals surface area contributed by atoms with Crippen LogP contribution in [0.1, 0.15) is 0 Å². The zero-order valence-corrected chi connectivity index (χ0v) is 26.4. The van der Waals surface area contributed by atoms with Gasteiger partial charge in [-0.25, -0.2) is 15.0 Å². The molecule has 4 nitrogen and oxygen atoms in total. The summed E-state index contributed by atoms with van der Waals surface area (Å²) in [6.45, 7) is 0. The molecule has 224 valence electrons. The fourth-order valence-corrected chi connectivity index (χ4v) is 7.99. The van der Waals surface area contributed by atoms with Crippen LogP contribution in [-0.4, -0.2) is 15.0 Å². The lowest BCUT2D eigenvalue weighted by Crippen LogP contribution is -2.00. The highest BCUT2D eigenvalue weighted by atomic mass is 32.1. The first-order valence-corrected chi connectivity index (χ1v) is 16.8. The number of hydrogen-bond donors (Lipinski definition) is 0. The van der Waals surface area contributed by atoms with Crippen molar-refractivity contribution in [3.63, 3.8) is 0 Å². The minimum atomic E-state index is 0.639. The maximum absolute atomic E-state index is 6.35. The number of aromatic nitrogens is 3. The normalized spacial score (nSPS) is 11.8. The maximum atomic E-state index is 6.35. The SMILES string of the molecule is c1ccc(-c2nc(-c3ccc(-c4cccc5oc6cc7ccccc7cc6c45)cc3)nc(-c3cccc4sc5ccccc5c34)n2)cc1. The van der Waals surface area contributed by atoms with Crippen molar-refractivity contribution in [1.82, 2.24) is 15.0 Å². The Labute approximate surface area is 279 Å². The average Bonchev–Trinajstić information content (AvgIpc) is 3.72. The van der Waals surface area contributed by atoms with Crippen LogP contribution < -0.4 is 0 Å². The number of hydrogen-bond acceptors (Lipinski definition) is 5. The summed E-state index contributed by atoms with van der Waals surface area (Å²) in [5.74, 6) is 1.96. The van der Waals surface area contributed by atoms with E-state index in [-0.39, 0.29) is 0 Å². The van der Waals surface area contributed by atoms with E-state index >= 15 is 0 Å². The Kier molecular flexibility index (Phi) is 6.01. The summed E-state index contributed by atoms with van der Waals surface area (Å²) in [6, 6.07) is 52.7. The molecule has 0 amide bonds. The lowest BCUT2D eigenvalue weighted by Gasteiger charge is -2.10. The summed E-state index contributed by atoms with van der Waals surface area (Å²) in [5.41, 5.74) is 6.90. The zero-order chi connectivity index (χ0) is 31.6. The van der Waals surface area contributed by atoms with Crippen molar-refractivity contribution in [2.24, 2.45) is 0 Å². The molecule has 48 heavy (non-hydrogen) atoms. The molecule has 10 aromatic rings. The Hall–Kier alpha value is -6.17. The Morgan fingerprint density at radius 2 is 1.02 bits per heavy atom. The minimum absolute atomic E-state index is 0.639. The summed E-state index contributed by atoms with van der Waals surface area (Å²) in [5, 5.41) is 7.00. The molecule has 0 unspecified atom stereocenters. The Bertz CT molecular complexity index is 2830. The van der Waals surface area contributed by atoms with E-state index < -0.39 is 0 Å². The van der Waals surface area contributed by atoms with E-state index in [1.807, 2.05) is 36.4 Å². The third-order valence-electron chi connectivity index (χ3n) is 9.13. The molecule has 3 heterocycles. The van der Waals surface area contributed by atoms with E-state index in [0.29, 0.717) is 17.5 Å². The van der Waals surface area contributed by atoms with Gasteiger partial charge in [0.15, 0.2) is 17.5 Å². The molecular weight excluding hydrogens is 607 g/mol. The van der Waals surface area contributed by atoms with Gasteiger partial charge in [-0.3, -0.25) is 0 Å². The smallest absolute Gasteiger partial charge is 0.164 e. The van der Waals surface area contributed by atoms with Crippen LogP contribution in [0.3, 0.4) is 0 Å². The van der Waals surface area contributed by atoms with Crippen LogP contribution >= 0.6 is 11.3 Å². The lowest BCUT2D eigenvalue weighted by atomic mass is 9.97. The standard InChI is InChI=1S/C43H25N3OS/c1-2-10-27(11-3-1)41-44-42(46-43(45-41)33-16-9-19-38-40(33)32-14-6-7-18-37(32)48-38)28-22-20-26(21-23-28)31-15-8-17-35-39(31)34-24-29-12-4-5-13-30(29)25-36(34)47-35/h1-25H. The molecule has 0 aliphatic rings. The second-order valence-corrected chi connectivity index (χ2v) is 13.1. The third-order valence-corrected chi connectivity index (χ3v) is 10.3. The average molecular weight is 632 g/mol. The van der Waals surface area contributed by atoms with Crippen molar-refractivity contribution in [3.8, 4) is 45.3 Å². The van der Waals surface area contributed by atoms with Crippen LogP contribution in [0.15, 0.2) is 156 Å². The lowest BCUT2D eigenvalue weighted by molar-refractivity contribution is 0.669. The molecule has 0 saturated heterocycles. The van der Waals surface area contributed by atoms with Gasteiger partial charge in [-0.1, -0.05) is 121 Å². The highest BCUT2D eigenvalue weighted by Crippen LogP contribution is 2.41. The van der Waals surface area contributed by atoms with Gasteiger partial charge in [0.05, 0.1) is 0 Å². The number of nitrogens with zero attached hydrogens (tertiary/aromatic N) is 3. The summed E-state index contributed by atoms with van der Waals surface area (Å²) in [6.07, 6.45) is 0. The molecule has 0 aliphatic heterocycles. The van der Waals surface area contributed by atoms with Gasteiger partial charge in [0.2, 0.25) is 0 Å². The number of furan rings is 1. The Balaban J connectivity index is 1.13. The van der Waals surface area contributed by atoms with E-state index in [2.05, 4.69) is 115 Å². The van der Waals surface area contributed by atoms with Crippen LogP contribution in [0.5, 0.6) is 0 Å². The summed E-state index contributed by atoms with van der Waals surface area (Å²) < 4.78 is 8.82. The number of benzene rings is 7. The summed E-state index contributed by atoms with van der Waals surface area (Å²) >= 11 is 1.80. The predicted octanol–water partition coefficient (Wildman–Crippen LogP) is 12.0. The molecule has 10 rings (SSSR count). The summed E-state index contributed by atoms with van der Waals surface area (Å²) in [7, 11) is 0. The molecule has 0 saturated carbocycles. The van der Waals surface area contributed by atoms with Gasteiger partial charge in [-0.2, -0.15) is 0 Å². The second kappa shape index (κ2) is 10.7.